The number of aryl methyl sites for hydroxylation is 1. The Morgan fingerprint density at radius 1 is 1.14 bits per heavy atom. The molecular weight excluding hydrogens is 376 g/mol. The van der Waals surface area contributed by atoms with Gasteiger partial charge in [0.1, 0.15) is 0 Å². The molecule has 4 rings (SSSR count). The molecule has 1 fully saturated rings. The number of aromatic amines is 1. The summed E-state index contributed by atoms with van der Waals surface area (Å²) in [5.74, 6) is 0. The summed E-state index contributed by atoms with van der Waals surface area (Å²) < 4.78 is 0. The van der Waals surface area contributed by atoms with Crippen LogP contribution in [-0.2, 0) is 13.0 Å². The number of thiocarbonyl (C=S) groups is 1. The Labute approximate surface area is 178 Å². The molecule has 1 aliphatic carbocycles. The topological polar surface area (TPSA) is 44.0 Å². The number of para-hydroxylation sites is 1. The molecule has 4 nitrogen and oxygen atoms in total. The number of H-pyrrole nitrogens is 1. The zero-order chi connectivity index (χ0) is 20.1. The maximum absolute atomic E-state index is 5.87. The lowest BCUT2D eigenvalue weighted by Gasteiger charge is -2.31. The number of aromatic nitrogens is 2. The van der Waals surface area contributed by atoms with Crippen LogP contribution in [0.3, 0.4) is 0 Å². The summed E-state index contributed by atoms with van der Waals surface area (Å²) >= 11 is 5.87. The van der Waals surface area contributed by atoms with Gasteiger partial charge in [0.25, 0.3) is 0 Å². The SMILES string of the molecule is Cc1[nH]c2ccccc2c1CCN(Cc1ccncc1)C(=S)NC1CCCCC1. The lowest BCUT2D eigenvalue weighted by atomic mass is 9.96. The van der Waals surface area contributed by atoms with Crippen molar-refractivity contribution in [2.45, 2.75) is 58.0 Å². The number of hydrogen-bond acceptors (Lipinski definition) is 2. The lowest BCUT2D eigenvalue weighted by Crippen LogP contribution is -2.45. The molecule has 1 aliphatic rings. The van der Waals surface area contributed by atoms with E-state index in [4.69, 9.17) is 12.2 Å². The minimum atomic E-state index is 0.519. The number of rotatable bonds is 6. The van der Waals surface area contributed by atoms with Gasteiger partial charge in [0.05, 0.1) is 0 Å². The predicted octanol–water partition coefficient (Wildman–Crippen LogP) is 5.12. The van der Waals surface area contributed by atoms with E-state index in [0.717, 1.165) is 24.6 Å². The molecule has 0 atom stereocenters. The number of pyridine rings is 1. The van der Waals surface area contributed by atoms with Gasteiger partial charge in [0.15, 0.2) is 5.11 Å². The van der Waals surface area contributed by atoms with Crippen LogP contribution in [-0.4, -0.2) is 32.6 Å². The van der Waals surface area contributed by atoms with E-state index in [1.165, 1.54) is 59.8 Å². The van der Waals surface area contributed by atoms with Crippen molar-refractivity contribution in [1.29, 1.82) is 0 Å². The Balaban J connectivity index is 1.49. The molecular formula is C24H30N4S. The van der Waals surface area contributed by atoms with Gasteiger partial charge < -0.3 is 15.2 Å². The van der Waals surface area contributed by atoms with Gasteiger partial charge in [-0.1, -0.05) is 37.5 Å². The summed E-state index contributed by atoms with van der Waals surface area (Å²) in [6, 6.07) is 13.2. The summed E-state index contributed by atoms with van der Waals surface area (Å²) in [5, 5.41) is 5.86. The van der Waals surface area contributed by atoms with Crippen molar-refractivity contribution in [2.24, 2.45) is 0 Å². The van der Waals surface area contributed by atoms with Crippen LogP contribution in [0, 0.1) is 6.92 Å². The van der Waals surface area contributed by atoms with Gasteiger partial charge >= 0.3 is 0 Å². The van der Waals surface area contributed by atoms with Crippen LogP contribution < -0.4 is 5.32 Å². The summed E-state index contributed by atoms with van der Waals surface area (Å²) in [5.41, 5.74) is 5.09. The second-order valence-electron chi connectivity index (χ2n) is 8.09. The van der Waals surface area contributed by atoms with Crippen molar-refractivity contribution in [3.8, 4) is 0 Å². The molecule has 0 radical (unpaired) electrons. The number of benzene rings is 1. The molecule has 0 unspecified atom stereocenters. The second-order valence-corrected chi connectivity index (χ2v) is 8.47. The first-order chi connectivity index (χ1) is 14.2. The normalized spacial score (nSPS) is 14.8. The van der Waals surface area contributed by atoms with Crippen molar-refractivity contribution < 1.29 is 0 Å². The Kier molecular flexibility index (Phi) is 6.45. The fourth-order valence-electron chi connectivity index (χ4n) is 4.38. The molecule has 1 aromatic carbocycles. The van der Waals surface area contributed by atoms with E-state index in [0.29, 0.717) is 6.04 Å². The van der Waals surface area contributed by atoms with Crippen LogP contribution >= 0.6 is 12.2 Å². The molecule has 3 aromatic rings. The highest BCUT2D eigenvalue weighted by atomic mass is 32.1. The van der Waals surface area contributed by atoms with Crippen LogP contribution in [0.1, 0.15) is 48.9 Å². The predicted molar refractivity (Wildman–Crippen MR) is 124 cm³/mol. The van der Waals surface area contributed by atoms with Crippen molar-refractivity contribution in [3.05, 3.63) is 65.6 Å². The van der Waals surface area contributed by atoms with E-state index in [1.54, 1.807) is 0 Å². The standard InChI is InChI=1S/C24H30N4S/c1-18-21(22-9-5-6-10-23(22)26-18)13-16-28(17-19-11-14-25-15-12-19)24(29)27-20-7-3-2-4-8-20/h5-6,9-12,14-15,20,26H,2-4,7-8,13,16-17H2,1H3,(H,27,29). The third-order valence-corrected chi connectivity index (χ3v) is 6.38. The monoisotopic (exact) mass is 406 g/mol. The highest BCUT2D eigenvalue weighted by Crippen LogP contribution is 2.23. The molecule has 29 heavy (non-hydrogen) atoms. The minimum Gasteiger partial charge on any atom is -0.360 e. The van der Waals surface area contributed by atoms with Gasteiger partial charge in [-0.2, -0.15) is 0 Å². The largest absolute Gasteiger partial charge is 0.360 e. The van der Waals surface area contributed by atoms with Crippen LogP contribution in [0.4, 0.5) is 0 Å². The van der Waals surface area contributed by atoms with E-state index >= 15 is 0 Å². The van der Waals surface area contributed by atoms with Crippen molar-refractivity contribution in [1.82, 2.24) is 20.2 Å². The Bertz CT molecular complexity index is 944. The fourth-order valence-corrected chi connectivity index (χ4v) is 4.70. The molecule has 0 saturated heterocycles. The number of fused-ring (bicyclic) bond motifs is 1. The molecule has 2 aromatic heterocycles. The molecule has 0 aliphatic heterocycles. The molecule has 0 spiro atoms. The van der Waals surface area contributed by atoms with Gasteiger partial charge in [0, 0.05) is 48.1 Å². The molecule has 1 saturated carbocycles. The van der Waals surface area contributed by atoms with Crippen LogP contribution in [0.2, 0.25) is 0 Å². The van der Waals surface area contributed by atoms with Gasteiger partial charge in [-0.25, -0.2) is 0 Å². The van der Waals surface area contributed by atoms with E-state index < -0.39 is 0 Å². The first-order valence-electron chi connectivity index (χ1n) is 10.7. The van der Waals surface area contributed by atoms with Crippen molar-refractivity contribution >= 4 is 28.2 Å². The second kappa shape index (κ2) is 9.40. The van der Waals surface area contributed by atoms with Gasteiger partial charge in [-0.05, 0) is 67.7 Å². The molecule has 152 valence electrons. The van der Waals surface area contributed by atoms with Crippen LogP contribution in [0.25, 0.3) is 10.9 Å². The summed E-state index contributed by atoms with van der Waals surface area (Å²) in [7, 11) is 0. The van der Waals surface area contributed by atoms with Gasteiger partial charge in [-0.15, -0.1) is 0 Å². The highest BCUT2D eigenvalue weighted by molar-refractivity contribution is 7.80. The lowest BCUT2D eigenvalue weighted by molar-refractivity contribution is 0.369. The van der Waals surface area contributed by atoms with E-state index in [1.807, 2.05) is 12.4 Å². The number of hydrogen-bond donors (Lipinski definition) is 2. The van der Waals surface area contributed by atoms with E-state index in [9.17, 15) is 0 Å². The van der Waals surface area contributed by atoms with Gasteiger partial charge in [0.2, 0.25) is 0 Å². The zero-order valence-corrected chi connectivity index (χ0v) is 18.0. The zero-order valence-electron chi connectivity index (χ0n) is 17.2. The Morgan fingerprint density at radius 2 is 1.90 bits per heavy atom. The molecule has 2 N–H and O–H groups in total. The van der Waals surface area contributed by atoms with Crippen molar-refractivity contribution in [3.63, 3.8) is 0 Å². The smallest absolute Gasteiger partial charge is 0.169 e. The quantitative estimate of drug-likeness (QED) is 0.558. The number of nitrogens with one attached hydrogen (secondary N) is 2. The van der Waals surface area contributed by atoms with Crippen molar-refractivity contribution in [2.75, 3.05) is 6.54 Å². The fraction of sp³-hybridized carbons (Fsp3) is 0.417. The third-order valence-electron chi connectivity index (χ3n) is 6.00. The van der Waals surface area contributed by atoms with Gasteiger partial charge in [-0.3, -0.25) is 4.98 Å². The number of nitrogens with zero attached hydrogens (tertiary/aromatic N) is 2. The van der Waals surface area contributed by atoms with Crippen LogP contribution in [0.15, 0.2) is 48.8 Å². The summed E-state index contributed by atoms with van der Waals surface area (Å²) in [4.78, 5) is 9.99. The maximum atomic E-state index is 5.87. The van der Waals surface area contributed by atoms with Crippen LogP contribution in [0.5, 0.6) is 0 Å². The van der Waals surface area contributed by atoms with E-state index in [-0.39, 0.29) is 0 Å². The third kappa shape index (κ3) is 4.96. The molecule has 0 amide bonds. The molecule has 2 heterocycles. The average molecular weight is 407 g/mol. The Hall–Kier alpha value is -2.40. The average Bonchev–Trinajstić information content (AvgIpc) is 3.07. The first kappa shape index (κ1) is 19.9. The minimum absolute atomic E-state index is 0.519. The molecule has 0 bridgehead atoms. The molecule has 5 heteroatoms. The summed E-state index contributed by atoms with van der Waals surface area (Å²) in [6.45, 7) is 3.87. The first-order valence-corrected chi connectivity index (χ1v) is 11.1. The highest BCUT2D eigenvalue weighted by Gasteiger charge is 2.18. The summed E-state index contributed by atoms with van der Waals surface area (Å²) in [6.07, 6.45) is 11.1. The Morgan fingerprint density at radius 3 is 2.69 bits per heavy atom. The maximum Gasteiger partial charge on any atom is 0.169 e. The van der Waals surface area contributed by atoms with E-state index in [2.05, 4.69) is 63.5 Å².